The number of hydrogen-bond donors (Lipinski definition) is 0. The van der Waals surface area contributed by atoms with Gasteiger partial charge in [0.15, 0.2) is 0 Å². The van der Waals surface area contributed by atoms with E-state index >= 15 is 0 Å². The molecule has 1 fully saturated rings. The molecule has 1 heterocycles. The molecule has 0 N–H and O–H groups in total. The Morgan fingerprint density at radius 2 is 1.80 bits per heavy atom. The number of rotatable bonds is 0. The van der Waals surface area contributed by atoms with Crippen LogP contribution in [0.25, 0.3) is 0 Å². The van der Waals surface area contributed by atoms with Crippen LogP contribution in [-0.2, 0) is 0 Å². The third-order valence-electron chi connectivity index (χ3n) is 3.04. The van der Waals surface area contributed by atoms with Crippen LogP contribution in [-0.4, -0.2) is 59.5 Å². The van der Waals surface area contributed by atoms with Gasteiger partial charge in [0.2, 0.25) is 0 Å². The van der Waals surface area contributed by atoms with Gasteiger partial charge in [-0.2, -0.15) is 0 Å². The van der Waals surface area contributed by atoms with Gasteiger partial charge in [-0.3, -0.25) is 0 Å². The van der Waals surface area contributed by atoms with Gasteiger partial charge in [-0.1, -0.05) is 45.3 Å². The van der Waals surface area contributed by atoms with Gasteiger partial charge in [-0.15, -0.1) is 0 Å². The van der Waals surface area contributed by atoms with Gasteiger partial charge >= 0.3 is 51.4 Å². The van der Waals surface area contributed by atoms with Gasteiger partial charge in [-0.05, 0) is 5.54 Å². The normalized spacial score (nSPS) is 30.9. The average Bonchev–Trinajstić information content (AvgIpc) is 1.77. The predicted molar refractivity (Wildman–Crippen MR) is 52.7 cm³/mol. The van der Waals surface area contributed by atoms with Crippen molar-refractivity contribution in [3.63, 3.8) is 0 Å². The van der Waals surface area contributed by atoms with Crippen LogP contribution in [0.1, 0.15) is 26.2 Å². The summed E-state index contributed by atoms with van der Waals surface area (Å²) in [6, 6.07) is 1.58. The van der Waals surface area contributed by atoms with E-state index in [4.69, 9.17) is 0 Å². The summed E-state index contributed by atoms with van der Waals surface area (Å²) in [7, 11) is -0.694. The average molecular weight is 182 g/mol. The zero-order valence-electron chi connectivity index (χ0n) is 6.91. The molecule has 0 saturated carbocycles. The van der Waals surface area contributed by atoms with Crippen LogP contribution in [0.15, 0.2) is 0 Å². The van der Waals surface area contributed by atoms with E-state index in [9.17, 15) is 0 Å². The summed E-state index contributed by atoms with van der Waals surface area (Å²) in [4.78, 5) is 0. The van der Waals surface area contributed by atoms with E-state index in [-0.39, 0.29) is 51.4 Å². The molecule has 0 radical (unpaired) electrons. The van der Waals surface area contributed by atoms with Crippen LogP contribution in [0.3, 0.4) is 0 Å². The maximum absolute atomic E-state index is 2.54. The molecule has 0 aromatic rings. The molecule has 0 bridgehead atoms. The van der Waals surface area contributed by atoms with Gasteiger partial charge in [-0.25, -0.2) is 0 Å². The van der Waals surface area contributed by atoms with Gasteiger partial charge in [0, 0.05) is 0 Å². The van der Waals surface area contributed by atoms with Gasteiger partial charge in [0.25, 0.3) is 0 Å². The summed E-state index contributed by atoms with van der Waals surface area (Å²) < 4.78 is 0. The molecule has 10 heavy (non-hydrogen) atoms. The summed E-state index contributed by atoms with van der Waals surface area (Å²) >= 11 is 0. The zero-order valence-corrected chi connectivity index (χ0v) is 7.91. The molecule has 0 spiro atoms. The monoisotopic (exact) mass is 182 g/mol. The van der Waals surface area contributed by atoms with Crippen LogP contribution in [0.4, 0.5) is 0 Å². The first-order valence-electron chi connectivity index (χ1n) is 4.13. The summed E-state index contributed by atoms with van der Waals surface area (Å²) in [5, 5.41) is 0. The Kier molecular flexibility index (Phi) is 5.66. The molecular formula is C8H19KSi. The molecule has 1 atom stereocenters. The topological polar surface area (TPSA) is 0 Å². The molecule has 0 aromatic carbocycles. The SMILES string of the molecule is CC1CCCC[Si]1(C)C.[KH]. The van der Waals surface area contributed by atoms with E-state index in [0.717, 1.165) is 5.54 Å². The quantitative estimate of drug-likeness (QED) is 0.505. The number of hydrogen-bond acceptors (Lipinski definition) is 0. The van der Waals surface area contributed by atoms with Crippen LogP contribution >= 0.6 is 0 Å². The van der Waals surface area contributed by atoms with Crippen molar-refractivity contribution in [2.75, 3.05) is 0 Å². The Morgan fingerprint density at radius 1 is 1.20 bits per heavy atom. The molecule has 2 heteroatoms. The second kappa shape index (κ2) is 4.78. The summed E-state index contributed by atoms with van der Waals surface area (Å²) in [6.07, 6.45) is 4.53. The van der Waals surface area contributed by atoms with Crippen molar-refractivity contribution >= 4 is 59.5 Å². The van der Waals surface area contributed by atoms with Crippen molar-refractivity contribution < 1.29 is 0 Å². The molecule has 0 aliphatic carbocycles. The van der Waals surface area contributed by atoms with E-state index in [0.29, 0.717) is 0 Å². The Balaban J connectivity index is 0.000000810. The molecule has 1 saturated heterocycles. The zero-order chi connectivity index (χ0) is 6.91. The molecule has 1 rings (SSSR count). The van der Waals surface area contributed by atoms with Crippen molar-refractivity contribution in [2.24, 2.45) is 0 Å². The second-order valence-electron chi connectivity index (χ2n) is 4.14. The summed E-state index contributed by atoms with van der Waals surface area (Å²) in [5.41, 5.74) is 1.09. The van der Waals surface area contributed by atoms with Crippen molar-refractivity contribution in [2.45, 2.75) is 50.9 Å². The van der Waals surface area contributed by atoms with E-state index in [2.05, 4.69) is 20.0 Å². The molecule has 0 aromatic heterocycles. The van der Waals surface area contributed by atoms with Gasteiger partial charge < -0.3 is 0 Å². The van der Waals surface area contributed by atoms with Gasteiger partial charge in [0.05, 0.1) is 8.07 Å². The minimum absolute atomic E-state index is 0. The first-order chi connectivity index (χ1) is 4.13. The third-order valence-corrected chi connectivity index (χ3v) is 7.64. The molecule has 1 unspecified atom stereocenters. The van der Waals surface area contributed by atoms with Crippen molar-refractivity contribution in [3.8, 4) is 0 Å². The third kappa shape index (κ3) is 3.07. The fraction of sp³-hybridized carbons (Fsp3) is 1.00. The molecule has 1 aliphatic heterocycles. The summed E-state index contributed by atoms with van der Waals surface area (Å²) in [6.45, 7) is 7.53. The van der Waals surface area contributed by atoms with E-state index < -0.39 is 8.07 Å². The van der Waals surface area contributed by atoms with Gasteiger partial charge in [0.1, 0.15) is 0 Å². The first-order valence-corrected chi connectivity index (χ1v) is 7.41. The van der Waals surface area contributed by atoms with Crippen molar-refractivity contribution in [3.05, 3.63) is 0 Å². The summed E-state index contributed by atoms with van der Waals surface area (Å²) in [5.74, 6) is 0. The first kappa shape index (κ1) is 11.9. The molecule has 0 nitrogen and oxygen atoms in total. The molecule has 1 aliphatic rings. The van der Waals surface area contributed by atoms with E-state index in [1.807, 2.05) is 0 Å². The standard InChI is InChI=1S/C8H18Si.K.H/c1-8-6-4-5-7-9(8,2)3;;/h8H,4-7H2,1-3H3;;. The Morgan fingerprint density at radius 3 is 2.10 bits per heavy atom. The maximum atomic E-state index is 2.54. The molecule has 56 valence electrons. The van der Waals surface area contributed by atoms with Crippen LogP contribution in [0.2, 0.25) is 24.7 Å². The molecule has 0 amide bonds. The van der Waals surface area contributed by atoms with Crippen molar-refractivity contribution in [1.29, 1.82) is 0 Å². The fourth-order valence-electron chi connectivity index (χ4n) is 1.67. The van der Waals surface area contributed by atoms with Crippen molar-refractivity contribution in [1.82, 2.24) is 0 Å². The predicted octanol–water partition coefficient (Wildman–Crippen LogP) is 2.62. The van der Waals surface area contributed by atoms with Crippen LogP contribution in [0, 0.1) is 0 Å². The fourth-order valence-corrected chi connectivity index (χ4v) is 4.31. The Hall–Kier alpha value is 1.85. The van der Waals surface area contributed by atoms with Crippen LogP contribution in [0.5, 0.6) is 0 Å². The second-order valence-corrected chi connectivity index (χ2v) is 9.60. The molecular weight excluding hydrogens is 163 g/mol. The Bertz CT molecular complexity index is 101. The minimum atomic E-state index is -0.694. The van der Waals surface area contributed by atoms with E-state index in [1.165, 1.54) is 19.3 Å². The Labute approximate surface area is 109 Å². The van der Waals surface area contributed by atoms with E-state index in [1.54, 1.807) is 6.04 Å². The van der Waals surface area contributed by atoms with Crippen LogP contribution < -0.4 is 0 Å².